The summed E-state index contributed by atoms with van der Waals surface area (Å²) in [5.41, 5.74) is 1.07. The lowest BCUT2D eigenvalue weighted by Gasteiger charge is -2.20. The molecule has 0 aromatic heterocycles. The van der Waals surface area contributed by atoms with Crippen LogP contribution in [-0.2, 0) is 9.09 Å². The first-order valence-corrected chi connectivity index (χ1v) is 8.33. The summed E-state index contributed by atoms with van der Waals surface area (Å²) in [6.07, 6.45) is -0.160. The van der Waals surface area contributed by atoms with Crippen LogP contribution in [0.4, 0.5) is 0 Å². The summed E-state index contributed by atoms with van der Waals surface area (Å²) in [5.74, 6) is 0. The highest BCUT2D eigenvalue weighted by atomic mass is 31.2. The molecule has 2 aromatic rings. The number of likely N-dealkylation sites (N-methyl/N-ethyl adjacent to an activating group) is 1. The average Bonchev–Trinajstić information content (AvgIpc) is 2.75. The van der Waals surface area contributed by atoms with Gasteiger partial charge in [0.15, 0.2) is 0 Å². The zero-order chi connectivity index (χ0) is 14.2. The molecule has 2 aromatic carbocycles. The quantitative estimate of drug-likeness (QED) is 0.790. The summed E-state index contributed by atoms with van der Waals surface area (Å²) in [6.45, 7) is 2.06. The van der Waals surface area contributed by atoms with Crippen molar-refractivity contribution in [2.45, 2.75) is 19.1 Å². The van der Waals surface area contributed by atoms with Crippen molar-refractivity contribution in [2.75, 3.05) is 7.05 Å². The summed E-state index contributed by atoms with van der Waals surface area (Å²) in [5, 5.41) is 0.757. The van der Waals surface area contributed by atoms with Gasteiger partial charge in [-0.2, -0.15) is 0 Å². The van der Waals surface area contributed by atoms with E-state index in [1.807, 2.05) is 72.4 Å². The first kappa shape index (κ1) is 13.6. The number of benzene rings is 2. The van der Waals surface area contributed by atoms with Gasteiger partial charge < -0.3 is 4.52 Å². The molecule has 20 heavy (non-hydrogen) atoms. The van der Waals surface area contributed by atoms with Gasteiger partial charge in [0.2, 0.25) is 0 Å². The molecule has 0 bridgehead atoms. The van der Waals surface area contributed by atoms with Gasteiger partial charge in [-0.3, -0.25) is 4.57 Å². The van der Waals surface area contributed by atoms with E-state index in [4.69, 9.17) is 4.52 Å². The zero-order valence-electron chi connectivity index (χ0n) is 11.6. The second-order valence-corrected chi connectivity index (χ2v) is 7.51. The van der Waals surface area contributed by atoms with Crippen molar-refractivity contribution in [1.29, 1.82) is 0 Å². The molecule has 0 radical (unpaired) electrons. The zero-order valence-corrected chi connectivity index (χ0v) is 12.5. The van der Waals surface area contributed by atoms with E-state index in [-0.39, 0.29) is 12.1 Å². The number of nitrogens with zero attached hydrogens (tertiary/aromatic N) is 1. The third-order valence-corrected chi connectivity index (χ3v) is 6.57. The Balaban J connectivity index is 1.99. The standard InChI is InChI=1S/C16H18NO2P/c1-13-16(14-9-5-3-6-10-14)19-20(18,17(13)2)15-11-7-4-8-12-15/h3-13,16H,1-2H3. The molecule has 0 N–H and O–H groups in total. The van der Waals surface area contributed by atoms with E-state index in [9.17, 15) is 4.57 Å². The molecule has 0 amide bonds. The molecule has 3 unspecified atom stereocenters. The van der Waals surface area contributed by atoms with Crippen molar-refractivity contribution >= 4 is 12.8 Å². The van der Waals surface area contributed by atoms with E-state index < -0.39 is 7.52 Å². The van der Waals surface area contributed by atoms with Gasteiger partial charge in [0.25, 0.3) is 0 Å². The normalized spacial score (nSPS) is 30.5. The predicted octanol–water partition coefficient (Wildman–Crippen LogP) is 3.60. The molecule has 1 aliphatic heterocycles. The van der Waals surface area contributed by atoms with Gasteiger partial charge in [0.1, 0.15) is 6.10 Å². The first-order chi connectivity index (χ1) is 9.63. The van der Waals surface area contributed by atoms with Crippen LogP contribution in [0.2, 0.25) is 0 Å². The van der Waals surface area contributed by atoms with Crippen molar-refractivity contribution < 1.29 is 9.09 Å². The van der Waals surface area contributed by atoms with Crippen molar-refractivity contribution in [3.63, 3.8) is 0 Å². The van der Waals surface area contributed by atoms with Gasteiger partial charge in [-0.25, -0.2) is 4.67 Å². The van der Waals surface area contributed by atoms with Crippen molar-refractivity contribution in [1.82, 2.24) is 4.67 Å². The Bertz CT molecular complexity index is 629. The highest BCUT2D eigenvalue weighted by Gasteiger charge is 2.47. The van der Waals surface area contributed by atoms with Gasteiger partial charge in [-0.1, -0.05) is 48.5 Å². The van der Waals surface area contributed by atoms with E-state index >= 15 is 0 Å². The highest BCUT2D eigenvalue weighted by Crippen LogP contribution is 2.60. The summed E-state index contributed by atoms with van der Waals surface area (Å²) in [6, 6.07) is 19.5. The highest BCUT2D eigenvalue weighted by molar-refractivity contribution is 7.64. The number of hydrogen-bond acceptors (Lipinski definition) is 2. The van der Waals surface area contributed by atoms with Gasteiger partial charge in [-0.05, 0) is 31.7 Å². The molecule has 0 saturated carbocycles. The van der Waals surface area contributed by atoms with E-state index in [2.05, 4.69) is 6.92 Å². The fourth-order valence-electron chi connectivity index (χ4n) is 2.59. The Hall–Kier alpha value is -1.41. The number of hydrogen-bond donors (Lipinski definition) is 0. The van der Waals surface area contributed by atoms with Crippen LogP contribution in [0.3, 0.4) is 0 Å². The minimum Gasteiger partial charge on any atom is -0.304 e. The molecule has 0 aliphatic carbocycles. The largest absolute Gasteiger partial charge is 0.304 e. The Morgan fingerprint density at radius 1 is 1.00 bits per heavy atom. The monoisotopic (exact) mass is 287 g/mol. The topological polar surface area (TPSA) is 29.5 Å². The molecule has 104 valence electrons. The van der Waals surface area contributed by atoms with Crippen molar-refractivity contribution in [2.24, 2.45) is 0 Å². The Morgan fingerprint density at radius 3 is 2.15 bits per heavy atom. The maximum Gasteiger partial charge on any atom is 0.303 e. The Morgan fingerprint density at radius 2 is 1.55 bits per heavy atom. The maximum atomic E-state index is 13.2. The summed E-state index contributed by atoms with van der Waals surface area (Å²) in [7, 11) is -1.08. The minimum absolute atomic E-state index is 0.0726. The van der Waals surface area contributed by atoms with Crippen LogP contribution in [0.5, 0.6) is 0 Å². The van der Waals surface area contributed by atoms with Crippen LogP contribution in [-0.4, -0.2) is 17.8 Å². The van der Waals surface area contributed by atoms with Crippen LogP contribution >= 0.6 is 7.52 Å². The fourth-order valence-corrected chi connectivity index (χ4v) is 4.98. The summed E-state index contributed by atoms with van der Waals surface area (Å²) >= 11 is 0. The molecular weight excluding hydrogens is 269 g/mol. The van der Waals surface area contributed by atoms with Crippen LogP contribution < -0.4 is 5.30 Å². The lowest BCUT2D eigenvalue weighted by atomic mass is 10.0. The molecule has 3 rings (SSSR count). The second kappa shape index (κ2) is 5.17. The molecule has 1 heterocycles. The second-order valence-electron chi connectivity index (χ2n) is 5.11. The summed E-state index contributed by atoms with van der Waals surface area (Å²) in [4.78, 5) is 0. The van der Waals surface area contributed by atoms with Crippen LogP contribution in [0.1, 0.15) is 18.6 Å². The van der Waals surface area contributed by atoms with Gasteiger partial charge in [-0.15, -0.1) is 0 Å². The lowest BCUT2D eigenvalue weighted by molar-refractivity contribution is 0.212. The van der Waals surface area contributed by atoms with Gasteiger partial charge in [0, 0.05) is 6.04 Å². The Kier molecular flexibility index (Phi) is 3.51. The molecule has 1 saturated heterocycles. The van der Waals surface area contributed by atoms with E-state index in [1.54, 1.807) is 0 Å². The van der Waals surface area contributed by atoms with E-state index in [0.717, 1.165) is 10.9 Å². The van der Waals surface area contributed by atoms with Gasteiger partial charge in [0.05, 0.1) is 5.30 Å². The third-order valence-electron chi connectivity index (χ3n) is 3.91. The molecule has 4 heteroatoms. The molecular formula is C16H18NO2P. The lowest BCUT2D eigenvalue weighted by Crippen LogP contribution is -2.25. The van der Waals surface area contributed by atoms with Crippen molar-refractivity contribution in [3.8, 4) is 0 Å². The third kappa shape index (κ3) is 2.12. The maximum absolute atomic E-state index is 13.2. The van der Waals surface area contributed by atoms with Crippen molar-refractivity contribution in [3.05, 3.63) is 66.2 Å². The molecule has 3 nitrogen and oxygen atoms in total. The van der Waals surface area contributed by atoms with E-state index in [1.165, 1.54) is 0 Å². The average molecular weight is 287 g/mol. The molecule has 1 aliphatic rings. The van der Waals surface area contributed by atoms with Gasteiger partial charge >= 0.3 is 7.52 Å². The Labute approximate surface area is 119 Å². The smallest absolute Gasteiger partial charge is 0.303 e. The summed E-state index contributed by atoms with van der Waals surface area (Å²) < 4.78 is 21.1. The SMILES string of the molecule is CC1C(c2ccccc2)OP(=O)(c2ccccc2)N1C. The molecule has 1 fully saturated rings. The molecule has 0 spiro atoms. The van der Waals surface area contributed by atoms with Crippen LogP contribution in [0.15, 0.2) is 60.7 Å². The predicted molar refractivity (Wildman–Crippen MR) is 81.2 cm³/mol. The number of rotatable bonds is 2. The van der Waals surface area contributed by atoms with E-state index in [0.29, 0.717) is 0 Å². The minimum atomic E-state index is -2.96. The first-order valence-electron chi connectivity index (χ1n) is 6.75. The fraction of sp³-hybridized carbons (Fsp3) is 0.250. The van der Waals surface area contributed by atoms with Crippen LogP contribution in [0, 0.1) is 0 Å². The molecule has 3 atom stereocenters. The van der Waals surface area contributed by atoms with Crippen LogP contribution in [0.25, 0.3) is 0 Å².